The van der Waals surface area contributed by atoms with Gasteiger partial charge < -0.3 is 14.5 Å². The van der Waals surface area contributed by atoms with Gasteiger partial charge in [-0.2, -0.15) is 5.26 Å². The quantitative estimate of drug-likeness (QED) is 0.815. The fourth-order valence-electron chi connectivity index (χ4n) is 2.95. The molecule has 2 aromatic heterocycles. The number of nitrogens with zero attached hydrogens (tertiary/aromatic N) is 5. The zero-order chi connectivity index (χ0) is 18.5. The average Bonchev–Trinajstić information content (AvgIpc) is 3.09. The Kier molecular flexibility index (Phi) is 5.44. The molecular formula is C19H21N5O2. The minimum Gasteiger partial charge on any atom is -0.488 e. The number of pyridine rings is 2. The molecule has 1 atom stereocenters. The molecule has 0 saturated carbocycles. The molecule has 134 valence electrons. The molecular weight excluding hydrogens is 330 g/mol. The van der Waals surface area contributed by atoms with E-state index in [0.717, 1.165) is 24.4 Å². The number of rotatable bonds is 5. The van der Waals surface area contributed by atoms with E-state index >= 15 is 0 Å². The zero-order valence-electron chi connectivity index (χ0n) is 14.9. The Labute approximate surface area is 152 Å². The minimum absolute atomic E-state index is 0.0502. The molecule has 0 radical (unpaired) electrons. The van der Waals surface area contributed by atoms with E-state index < -0.39 is 0 Å². The Morgan fingerprint density at radius 1 is 1.35 bits per heavy atom. The summed E-state index contributed by atoms with van der Waals surface area (Å²) in [6.45, 7) is 1.90. The van der Waals surface area contributed by atoms with Crippen molar-refractivity contribution in [1.29, 1.82) is 5.26 Å². The number of carbonyl (C=O) groups is 1. The Balaban J connectivity index is 1.62. The van der Waals surface area contributed by atoms with Crippen LogP contribution in [-0.4, -0.2) is 59.0 Å². The van der Waals surface area contributed by atoms with E-state index in [-0.39, 0.29) is 17.7 Å². The maximum absolute atomic E-state index is 12.6. The van der Waals surface area contributed by atoms with E-state index in [2.05, 4.69) is 9.97 Å². The summed E-state index contributed by atoms with van der Waals surface area (Å²) in [5.41, 5.74) is 1.67. The lowest BCUT2D eigenvalue weighted by atomic mass is 10.2. The molecule has 0 spiro atoms. The topological polar surface area (TPSA) is 82.4 Å². The molecule has 0 bridgehead atoms. The Morgan fingerprint density at radius 2 is 2.15 bits per heavy atom. The van der Waals surface area contributed by atoms with E-state index in [0.29, 0.717) is 18.7 Å². The fourth-order valence-corrected chi connectivity index (χ4v) is 2.95. The van der Waals surface area contributed by atoms with E-state index in [1.54, 1.807) is 17.2 Å². The second kappa shape index (κ2) is 7.93. The summed E-state index contributed by atoms with van der Waals surface area (Å²) in [4.78, 5) is 24.6. The largest absolute Gasteiger partial charge is 0.488 e. The van der Waals surface area contributed by atoms with Gasteiger partial charge in [0.05, 0.1) is 12.2 Å². The predicted octanol–water partition coefficient (Wildman–Crippen LogP) is 1.70. The molecule has 1 saturated heterocycles. The molecule has 3 rings (SSSR count). The van der Waals surface area contributed by atoms with Crippen molar-refractivity contribution in [2.24, 2.45) is 0 Å². The van der Waals surface area contributed by atoms with Gasteiger partial charge in [0, 0.05) is 43.5 Å². The summed E-state index contributed by atoms with van der Waals surface area (Å²) in [6.07, 6.45) is 3.95. The third kappa shape index (κ3) is 4.35. The highest BCUT2D eigenvalue weighted by atomic mass is 16.5. The highest BCUT2D eigenvalue weighted by Gasteiger charge is 2.28. The van der Waals surface area contributed by atoms with Crippen LogP contribution in [-0.2, 0) is 6.54 Å². The summed E-state index contributed by atoms with van der Waals surface area (Å²) >= 11 is 0. The Hall–Kier alpha value is -2.98. The van der Waals surface area contributed by atoms with Crippen LogP contribution in [0.15, 0.2) is 36.7 Å². The van der Waals surface area contributed by atoms with Crippen molar-refractivity contribution in [2.45, 2.75) is 19.1 Å². The number of likely N-dealkylation sites (tertiary alicyclic amines) is 1. The normalized spacial score (nSPS) is 16.5. The lowest BCUT2D eigenvalue weighted by Gasteiger charge is -2.18. The summed E-state index contributed by atoms with van der Waals surface area (Å²) < 4.78 is 6.04. The SMILES string of the molecule is CN(C)Cc1cc(OC2CCN(C(=O)c3ccnc(C#N)c3)C2)ccn1. The number of hydrogen-bond donors (Lipinski definition) is 0. The van der Waals surface area contributed by atoms with E-state index in [1.807, 2.05) is 37.2 Å². The molecule has 1 amide bonds. The lowest BCUT2D eigenvalue weighted by molar-refractivity contribution is 0.0772. The number of carbonyl (C=O) groups excluding carboxylic acids is 1. The summed E-state index contributed by atoms with van der Waals surface area (Å²) in [5, 5.41) is 8.93. The number of ether oxygens (including phenoxy) is 1. The molecule has 0 aromatic carbocycles. The summed E-state index contributed by atoms with van der Waals surface area (Å²) in [5.74, 6) is 0.671. The Morgan fingerprint density at radius 3 is 2.92 bits per heavy atom. The molecule has 1 fully saturated rings. The first kappa shape index (κ1) is 17.8. The van der Waals surface area contributed by atoms with Crippen molar-refractivity contribution in [3.8, 4) is 11.8 Å². The van der Waals surface area contributed by atoms with Crippen molar-refractivity contribution in [2.75, 3.05) is 27.2 Å². The maximum Gasteiger partial charge on any atom is 0.254 e. The monoisotopic (exact) mass is 351 g/mol. The van der Waals surface area contributed by atoms with Crippen LogP contribution < -0.4 is 4.74 Å². The first-order valence-corrected chi connectivity index (χ1v) is 8.47. The third-order valence-electron chi connectivity index (χ3n) is 4.12. The molecule has 7 heteroatoms. The molecule has 3 heterocycles. The number of amides is 1. The van der Waals surface area contributed by atoms with Crippen molar-refractivity contribution in [1.82, 2.24) is 19.8 Å². The van der Waals surface area contributed by atoms with Gasteiger partial charge in [0.1, 0.15) is 23.6 Å². The van der Waals surface area contributed by atoms with Crippen LogP contribution in [0.4, 0.5) is 0 Å². The van der Waals surface area contributed by atoms with Gasteiger partial charge in [-0.3, -0.25) is 9.78 Å². The lowest BCUT2D eigenvalue weighted by Crippen LogP contribution is -2.31. The van der Waals surface area contributed by atoms with Crippen molar-refractivity contribution in [3.63, 3.8) is 0 Å². The van der Waals surface area contributed by atoms with Crippen LogP contribution in [0.25, 0.3) is 0 Å². The highest BCUT2D eigenvalue weighted by molar-refractivity contribution is 5.94. The molecule has 0 aliphatic carbocycles. The van der Waals surface area contributed by atoms with Crippen LogP contribution in [0, 0.1) is 11.3 Å². The molecule has 7 nitrogen and oxygen atoms in total. The maximum atomic E-state index is 12.6. The first-order chi connectivity index (χ1) is 12.5. The summed E-state index contributed by atoms with van der Waals surface area (Å²) in [7, 11) is 3.99. The molecule has 2 aromatic rings. The molecule has 1 aliphatic heterocycles. The van der Waals surface area contributed by atoms with Crippen molar-refractivity contribution < 1.29 is 9.53 Å². The van der Waals surface area contributed by atoms with Gasteiger partial charge in [0.25, 0.3) is 5.91 Å². The second-order valence-corrected chi connectivity index (χ2v) is 6.54. The number of nitriles is 1. The first-order valence-electron chi connectivity index (χ1n) is 8.47. The van der Waals surface area contributed by atoms with E-state index in [9.17, 15) is 4.79 Å². The predicted molar refractivity (Wildman–Crippen MR) is 95.5 cm³/mol. The van der Waals surface area contributed by atoms with Crippen molar-refractivity contribution >= 4 is 5.91 Å². The van der Waals surface area contributed by atoms with Gasteiger partial charge in [-0.15, -0.1) is 0 Å². The standard InChI is InChI=1S/C19H21N5O2/c1-23(2)12-16-10-17(4-7-22-16)26-18-5-8-24(13-18)19(25)14-3-6-21-15(9-14)11-20/h3-4,6-7,9-10,18H,5,8,12-13H2,1-2H3. The van der Waals surface area contributed by atoms with Crippen LogP contribution in [0.2, 0.25) is 0 Å². The van der Waals surface area contributed by atoms with Gasteiger partial charge in [0.15, 0.2) is 0 Å². The van der Waals surface area contributed by atoms with E-state index in [4.69, 9.17) is 10.00 Å². The molecule has 1 unspecified atom stereocenters. The fraction of sp³-hybridized carbons (Fsp3) is 0.368. The number of hydrogen-bond acceptors (Lipinski definition) is 6. The van der Waals surface area contributed by atoms with Gasteiger partial charge in [0.2, 0.25) is 0 Å². The van der Waals surface area contributed by atoms with Gasteiger partial charge >= 0.3 is 0 Å². The Bertz CT molecular complexity index is 831. The molecule has 1 aliphatic rings. The summed E-state index contributed by atoms with van der Waals surface area (Å²) in [6, 6.07) is 8.89. The van der Waals surface area contributed by atoms with Crippen LogP contribution in [0.1, 0.15) is 28.2 Å². The van der Waals surface area contributed by atoms with Gasteiger partial charge in [-0.05, 0) is 32.3 Å². The zero-order valence-corrected chi connectivity index (χ0v) is 14.9. The molecule has 26 heavy (non-hydrogen) atoms. The van der Waals surface area contributed by atoms with Crippen molar-refractivity contribution in [3.05, 3.63) is 53.6 Å². The van der Waals surface area contributed by atoms with Gasteiger partial charge in [-0.25, -0.2) is 4.98 Å². The van der Waals surface area contributed by atoms with Crippen LogP contribution >= 0.6 is 0 Å². The smallest absolute Gasteiger partial charge is 0.254 e. The highest BCUT2D eigenvalue weighted by Crippen LogP contribution is 2.20. The minimum atomic E-state index is -0.0991. The van der Waals surface area contributed by atoms with E-state index in [1.165, 1.54) is 12.3 Å². The second-order valence-electron chi connectivity index (χ2n) is 6.54. The van der Waals surface area contributed by atoms with Gasteiger partial charge in [-0.1, -0.05) is 0 Å². The number of aromatic nitrogens is 2. The third-order valence-corrected chi connectivity index (χ3v) is 4.12. The average molecular weight is 351 g/mol. The molecule has 0 N–H and O–H groups in total. The van der Waals surface area contributed by atoms with Crippen LogP contribution in [0.5, 0.6) is 5.75 Å². The van der Waals surface area contributed by atoms with Crippen LogP contribution in [0.3, 0.4) is 0 Å².